The molecule has 0 aromatic carbocycles. The summed E-state index contributed by atoms with van der Waals surface area (Å²) in [6, 6.07) is 0. The zero-order valence-electron chi connectivity index (χ0n) is 13.4. The van der Waals surface area contributed by atoms with Gasteiger partial charge in [-0.25, -0.2) is 4.79 Å². The summed E-state index contributed by atoms with van der Waals surface area (Å²) in [4.78, 5) is 11.5. The molecule has 0 bridgehead atoms. The van der Waals surface area contributed by atoms with Crippen LogP contribution in [0.25, 0.3) is 0 Å². The highest BCUT2D eigenvalue weighted by Gasteiger charge is 2.37. The number of ether oxygens (including phenoxy) is 1. The molecule has 0 saturated heterocycles. The molecule has 0 spiro atoms. The van der Waals surface area contributed by atoms with Crippen LogP contribution in [0, 0.1) is 5.92 Å². The summed E-state index contributed by atoms with van der Waals surface area (Å²) in [5.74, 6) is 0.0937. The minimum Gasteiger partial charge on any atom is -0.458 e. The number of hydrogen-bond acceptors (Lipinski definition) is 3. The normalized spacial score (nSPS) is 25.0. The Hall–Kier alpha value is -0.613. The fourth-order valence-corrected chi connectivity index (χ4v) is 2.94. The second-order valence-corrected chi connectivity index (χ2v) is 11.9. The molecule has 1 heterocycles. The van der Waals surface area contributed by atoms with Gasteiger partial charge in [0.2, 0.25) is 0 Å². The zero-order valence-corrected chi connectivity index (χ0v) is 14.4. The van der Waals surface area contributed by atoms with E-state index in [1.807, 2.05) is 6.08 Å². The van der Waals surface area contributed by atoms with E-state index in [0.717, 1.165) is 6.42 Å². The van der Waals surface area contributed by atoms with E-state index in [1.54, 1.807) is 6.92 Å². The number of carbonyl (C=O) groups is 1. The predicted molar refractivity (Wildman–Crippen MR) is 80.6 cm³/mol. The molecular weight excluding hydrogens is 256 g/mol. The Morgan fingerprint density at radius 1 is 1.37 bits per heavy atom. The molecule has 0 N–H and O–H groups in total. The maximum atomic E-state index is 11.5. The minimum atomic E-state index is -1.70. The van der Waals surface area contributed by atoms with E-state index < -0.39 is 8.32 Å². The van der Waals surface area contributed by atoms with Gasteiger partial charge in [0.05, 0.1) is 0 Å². The Morgan fingerprint density at radius 3 is 2.47 bits per heavy atom. The highest BCUT2D eigenvalue weighted by Crippen LogP contribution is 2.36. The van der Waals surface area contributed by atoms with Crippen LogP contribution in [0.4, 0.5) is 0 Å². The van der Waals surface area contributed by atoms with Crippen LogP contribution >= 0.6 is 0 Å². The largest absolute Gasteiger partial charge is 0.458 e. The van der Waals surface area contributed by atoms with Crippen molar-refractivity contribution in [2.75, 3.05) is 6.61 Å². The van der Waals surface area contributed by atoms with Crippen molar-refractivity contribution in [1.82, 2.24) is 0 Å². The number of esters is 1. The van der Waals surface area contributed by atoms with Gasteiger partial charge >= 0.3 is 5.97 Å². The average Bonchev–Trinajstić information content (AvgIpc) is 2.23. The Balaban J connectivity index is 2.49. The smallest absolute Gasteiger partial charge is 0.333 e. The Kier molecular flexibility index (Phi) is 5.01. The number of cyclic esters (lactones) is 1. The van der Waals surface area contributed by atoms with E-state index in [0.29, 0.717) is 12.2 Å². The van der Waals surface area contributed by atoms with Crippen LogP contribution in [-0.2, 0) is 14.0 Å². The lowest BCUT2D eigenvalue weighted by Gasteiger charge is -2.37. The third kappa shape index (κ3) is 4.18. The molecule has 0 saturated carbocycles. The minimum absolute atomic E-state index is 0.0408. The summed E-state index contributed by atoms with van der Waals surface area (Å²) in [6.45, 7) is 15.7. The first kappa shape index (κ1) is 16.4. The van der Waals surface area contributed by atoms with Crippen molar-refractivity contribution in [3.63, 3.8) is 0 Å². The van der Waals surface area contributed by atoms with Gasteiger partial charge in [-0.2, -0.15) is 0 Å². The van der Waals surface area contributed by atoms with Gasteiger partial charge in [-0.3, -0.25) is 0 Å². The van der Waals surface area contributed by atoms with Crippen molar-refractivity contribution in [3.05, 3.63) is 11.6 Å². The highest BCUT2D eigenvalue weighted by atomic mass is 28.4. The van der Waals surface area contributed by atoms with E-state index in [-0.39, 0.29) is 23.0 Å². The molecule has 0 aromatic rings. The third-order valence-electron chi connectivity index (χ3n) is 4.35. The van der Waals surface area contributed by atoms with Crippen molar-refractivity contribution < 1.29 is 14.0 Å². The number of carbonyl (C=O) groups excluding carboxylic acids is 1. The SMILES string of the molecule is CC1=C[C@@H](C)[C@H](CCO[Si](C)(C)C(C)(C)C)OC1=O. The topological polar surface area (TPSA) is 35.5 Å². The molecule has 0 unspecified atom stereocenters. The molecule has 4 heteroatoms. The summed E-state index contributed by atoms with van der Waals surface area (Å²) in [5, 5.41) is 0.221. The molecule has 0 aromatic heterocycles. The number of rotatable bonds is 4. The Morgan fingerprint density at radius 2 is 1.95 bits per heavy atom. The van der Waals surface area contributed by atoms with Gasteiger partial charge in [-0.15, -0.1) is 0 Å². The first-order chi connectivity index (χ1) is 8.54. The first-order valence-corrected chi connectivity index (χ1v) is 9.99. The van der Waals surface area contributed by atoms with Gasteiger partial charge in [0.1, 0.15) is 6.10 Å². The van der Waals surface area contributed by atoms with Gasteiger partial charge in [0.15, 0.2) is 8.32 Å². The molecule has 0 fully saturated rings. The van der Waals surface area contributed by atoms with Crippen molar-refractivity contribution in [3.8, 4) is 0 Å². The summed E-state index contributed by atoms with van der Waals surface area (Å²) in [5.41, 5.74) is 0.717. The average molecular weight is 284 g/mol. The van der Waals surface area contributed by atoms with E-state index in [9.17, 15) is 4.79 Å². The number of hydrogen-bond donors (Lipinski definition) is 0. The standard InChI is InChI=1S/C15H28O3Si/c1-11-10-12(2)14(16)18-13(11)8-9-17-19(6,7)15(3,4)5/h10-11,13H,8-9H2,1-7H3/t11-,13+/m1/s1. The van der Waals surface area contributed by atoms with E-state index >= 15 is 0 Å². The Labute approximate surface area is 118 Å². The lowest BCUT2D eigenvalue weighted by atomic mass is 9.97. The second-order valence-electron chi connectivity index (χ2n) is 7.05. The molecule has 1 rings (SSSR count). The molecule has 2 atom stereocenters. The molecule has 19 heavy (non-hydrogen) atoms. The predicted octanol–water partition coefficient (Wildman–Crippen LogP) is 3.91. The van der Waals surface area contributed by atoms with Crippen LogP contribution < -0.4 is 0 Å². The molecule has 0 amide bonds. The van der Waals surface area contributed by atoms with Crippen LogP contribution in [0.1, 0.15) is 41.0 Å². The van der Waals surface area contributed by atoms with Crippen LogP contribution in [0.5, 0.6) is 0 Å². The van der Waals surface area contributed by atoms with Crippen molar-refractivity contribution >= 4 is 14.3 Å². The first-order valence-electron chi connectivity index (χ1n) is 7.08. The Bertz CT molecular complexity index is 366. The van der Waals surface area contributed by atoms with Crippen LogP contribution in [0.2, 0.25) is 18.1 Å². The van der Waals surface area contributed by atoms with E-state index in [1.165, 1.54) is 0 Å². The quantitative estimate of drug-likeness (QED) is 0.580. The summed E-state index contributed by atoms with van der Waals surface area (Å²) < 4.78 is 11.6. The molecule has 1 aliphatic rings. The van der Waals surface area contributed by atoms with Crippen LogP contribution in [0.15, 0.2) is 11.6 Å². The van der Waals surface area contributed by atoms with Crippen molar-refractivity contribution in [2.45, 2.75) is 65.3 Å². The molecule has 3 nitrogen and oxygen atoms in total. The van der Waals surface area contributed by atoms with Gasteiger partial charge in [-0.1, -0.05) is 33.8 Å². The highest BCUT2D eigenvalue weighted by molar-refractivity contribution is 6.74. The maximum absolute atomic E-state index is 11.5. The molecule has 0 radical (unpaired) electrons. The van der Waals surface area contributed by atoms with Crippen molar-refractivity contribution in [1.29, 1.82) is 0 Å². The van der Waals surface area contributed by atoms with E-state index in [4.69, 9.17) is 9.16 Å². The van der Waals surface area contributed by atoms with Crippen LogP contribution in [-0.4, -0.2) is 27.0 Å². The fraction of sp³-hybridized carbons (Fsp3) is 0.800. The lowest BCUT2D eigenvalue weighted by molar-refractivity contribution is -0.148. The van der Waals surface area contributed by atoms with Gasteiger partial charge in [0.25, 0.3) is 0 Å². The van der Waals surface area contributed by atoms with Gasteiger partial charge < -0.3 is 9.16 Å². The zero-order chi connectivity index (χ0) is 14.8. The van der Waals surface area contributed by atoms with Gasteiger partial charge in [-0.05, 0) is 25.1 Å². The lowest BCUT2D eigenvalue weighted by Crippen LogP contribution is -2.42. The molecule has 1 aliphatic heterocycles. The molecule has 110 valence electrons. The maximum Gasteiger partial charge on any atom is 0.333 e. The third-order valence-corrected chi connectivity index (χ3v) is 8.89. The van der Waals surface area contributed by atoms with Crippen LogP contribution in [0.3, 0.4) is 0 Å². The molecular formula is C15H28O3Si. The van der Waals surface area contributed by atoms with Crippen molar-refractivity contribution in [2.24, 2.45) is 5.92 Å². The second kappa shape index (κ2) is 5.79. The monoisotopic (exact) mass is 284 g/mol. The van der Waals surface area contributed by atoms with Gasteiger partial charge in [0, 0.05) is 24.5 Å². The summed E-state index contributed by atoms with van der Waals surface area (Å²) in [6.07, 6.45) is 2.74. The molecule has 0 aliphatic carbocycles. The van der Waals surface area contributed by atoms with E-state index in [2.05, 4.69) is 40.8 Å². The summed E-state index contributed by atoms with van der Waals surface area (Å²) >= 11 is 0. The summed E-state index contributed by atoms with van der Waals surface area (Å²) in [7, 11) is -1.70. The fourth-order valence-electron chi connectivity index (χ4n) is 1.88.